The molecule has 18 heavy (non-hydrogen) atoms. The van der Waals surface area contributed by atoms with E-state index in [9.17, 15) is 4.79 Å². The summed E-state index contributed by atoms with van der Waals surface area (Å²) in [7, 11) is 1.61. The number of hydrogen-bond donors (Lipinski definition) is 1. The van der Waals surface area contributed by atoms with Gasteiger partial charge in [0, 0.05) is 12.6 Å². The Labute approximate surface area is 106 Å². The lowest BCUT2D eigenvalue weighted by Crippen LogP contribution is -2.17. The molecule has 0 radical (unpaired) electrons. The molecule has 3 nitrogen and oxygen atoms in total. The molecule has 0 saturated carbocycles. The van der Waals surface area contributed by atoms with E-state index >= 15 is 0 Å². The van der Waals surface area contributed by atoms with Crippen LogP contribution in [0.5, 0.6) is 11.5 Å². The summed E-state index contributed by atoms with van der Waals surface area (Å²) in [4.78, 5) is 11.5. The number of hydrogen-bond acceptors (Lipinski definition) is 2. The summed E-state index contributed by atoms with van der Waals surface area (Å²) in [5.74, 6) is 1.34. The van der Waals surface area contributed by atoms with Crippen LogP contribution in [0.15, 0.2) is 48.5 Å². The van der Waals surface area contributed by atoms with Crippen LogP contribution in [-0.2, 0) is 0 Å². The van der Waals surface area contributed by atoms with Crippen LogP contribution < -0.4 is 10.1 Å². The third-order valence-electron chi connectivity index (χ3n) is 2.64. The Kier molecular flexibility index (Phi) is 3.63. The highest BCUT2D eigenvalue weighted by molar-refractivity contribution is 5.94. The number of para-hydroxylation sites is 1. The van der Waals surface area contributed by atoms with Gasteiger partial charge in [0.25, 0.3) is 5.91 Å². The third kappa shape index (κ3) is 2.69. The summed E-state index contributed by atoms with van der Waals surface area (Å²) in [6.45, 7) is 1.98. The van der Waals surface area contributed by atoms with Crippen LogP contribution in [-0.4, -0.2) is 13.0 Å². The summed E-state index contributed by atoms with van der Waals surface area (Å²) in [6, 6.07) is 14.9. The molecule has 1 amide bonds. The molecule has 2 aromatic carbocycles. The molecular weight excluding hydrogens is 226 g/mol. The molecule has 0 atom stereocenters. The number of aryl methyl sites for hydroxylation is 1. The Hall–Kier alpha value is -2.29. The van der Waals surface area contributed by atoms with E-state index in [2.05, 4.69) is 5.32 Å². The van der Waals surface area contributed by atoms with Crippen molar-refractivity contribution in [2.24, 2.45) is 0 Å². The smallest absolute Gasteiger partial charge is 0.251 e. The normalized spacial score (nSPS) is 9.89. The van der Waals surface area contributed by atoms with Gasteiger partial charge in [0.1, 0.15) is 11.5 Å². The number of rotatable bonds is 3. The number of nitrogens with one attached hydrogen (secondary N) is 1. The van der Waals surface area contributed by atoms with Crippen molar-refractivity contribution < 1.29 is 9.53 Å². The van der Waals surface area contributed by atoms with Crippen LogP contribution in [0.1, 0.15) is 15.9 Å². The van der Waals surface area contributed by atoms with Crippen LogP contribution in [0, 0.1) is 6.92 Å². The third-order valence-corrected chi connectivity index (χ3v) is 2.64. The van der Waals surface area contributed by atoms with Gasteiger partial charge in [-0.25, -0.2) is 0 Å². The van der Waals surface area contributed by atoms with Gasteiger partial charge in [-0.05, 0) is 36.8 Å². The lowest BCUT2D eigenvalue weighted by atomic mass is 10.2. The molecule has 0 unspecified atom stereocenters. The molecule has 2 aromatic rings. The van der Waals surface area contributed by atoms with Crippen LogP contribution in [0.4, 0.5) is 0 Å². The largest absolute Gasteiger partial charge is 0.457 e. The Morgan fingerprint density at radius 1 is 1.11 bits per heavy atom. The highest BCUT2D eigenvalue weighted by atomic mass is 16.5. The van der Waals surface area contributed by atoms with Crippen LogP contribution in [0.2, 0.25) is 0 Å². The van der Waals surface area contributed by atoms with Crippen molar-refractivity contribution in [3.8, 4) is 11.5 Å². The first-order valence-electron chi connectivity index (χ1n) is 5.76. The van der Waals surface area contributed by atoms with E-state index in [1.54, 1.807) is 25.2 Å². The van der Waals surface area contributed by atoms with Crippen LogP contribution in [0.25, 0.3) is 0 Å². The Balaban J connectivity index is 2.25. The Morgan fingerprint density at radius 2 is 1.89 bits per heavy atom. The van der Waals surface area contributed by atoms with Gasteiger partial charge in [-0.3, -0.25) is 4.79 Å². The molecule has 0 aliphatic heterocycles. The van der Waals surface area contributed by atoms with Gasteiger partial charge in [0.05, 0.1) is 0 Å². The maximum Gasteiger partial charge on any atom is 0.251 e. The first kappa shape index (κ1) is 12.2. The van der Waals surface area contributed by atoms with Gasteiger partial charge in [-0.1, -0.05) is 24.3 Å². The number of ether oxygens (including phenoxy) is 1. The van der Waals surface area contributed by atoms with Gasteiger partial charge >= 0.3 is 0 Å². The van der Waals surface area contributed by atoms with Crippen molar-refractivity contribution in [2.75, 3.05) is 7.05 Å². The van der Waals surface area contributed by atoms with Crippen molar-refractivity contribution in [2.45, 2.75) is 6.92 Å². The lowest BCUT2D eigenvalue weighted by molar-refractivity contribution is 0.0963. The van der Waals surface area contributed by atoms with Crippen molar-refractivity contribution in [3.05, 3.63) is 59.7 Å². The minimum atomic E-state index is -0.120. The van der Waals surface area contributed by atoms with Gasteiger partial charge in [-0.15, -0.1) is 0 Å². The minimum absolute atomic E-state index is 0.120. The molecule has 0 aliphatic carbocycles. The summed E-state index contributed by atoms with van der Waals surface area (Å²) in [5.41, 5.74) is 1.64. The molecule has 0 heterocycles. The fraction of sp³-hybridized carbons (Fsp3) is 0.133. The Morgan fingerprint density at radius 3 is 2.61 bits per heavy atom. The van der Waals surface area contributed by atoms with Gasteiger partial charge in [0.2, 0.25) is 0 Å². The van der Waals surface area contributed by atoms with Gasteiger partial charge in [-0.2, -0.15) is 0 Å². The maximum atomic E-state index is 11.5. The summed E-state index contributed by atoms with van der Waals surface area (Å²) < 4.78 is 5.76. The molecule has 0 aliphatic rings. The molecule has 0 bridgehead atoms. The highest BCUT2D eigenvalue weighted by Gasteiger charge is 2.05. The second-order valence-corrected chi connectivity index (χ2v) is 3.97. The number of carbonyl (C=O) groups excluding carboxylic acids is 1. The van der Waals surface area contributed by atoms with Crippen LogP contribution >= 0.6 is 0 Å². The van der Waals surface area contributed by atoms with E-state index in [4.69, 9.17) is 4.74 Å². The SMILES string of the molecule is CNC(=O)c1cccc(Oc2ccccc2C)c1. The van der Waals surface area contributed by atoms with E-state index < -0.39 is 0 Å². The predicted molar refractivity (Wildman–Crippen MR) is 71.1 cm³/mol. The second kappa shape index (κ2) is 5.36. The molecule has 3 heteroatoms. The summed E-state index contributed by atoms with van der Waals surface area (Å²) in [5, 5.41) is 2.59. The van der Waals surface area contributed by atoms with E-state index in [0.29, 0.717) is 11.3 Å². The molecule has 0 aromatic heterocycles. The first-order chi connectivity index (χ1) is 8.70. The van der Waals surface area contributed by atoms with Crippen LogP contribution in [0.3, 0.4) is 0 Å². The van der Waals surface area contributed by atoms with Crippen molar-refractivity contribution in [1.29, 1.82) is 0 Å². The number of amides is 1. The first-order valence-corrected chi connectivity index (χ1v) is 5.76. The zero-order valence-electron chi connectivity index (χ0n) is 10.4. The summed E-state index contributed by atoms with van der Waals surface area (Å²) in [6.07, 6.45) is 0. The van der Waals surface area contributed by atoms with Crippen molar-refractivity contribution in [3.63, 3.8) is 0 Å². The molecule has 0 spiro atoms. The average Bonchev–Trinajstić information content (AvgIpc) is 2.41. The molecular formula is C15H15NO2. The lowest BCUT2D eigenvalue weighted by Gasteiger charge is -2.09. The number of benzene rings is 2. The van der Waals surface area contributed by atoms with Gasteiger partial charge < -0.3 is 10.1 Å². The monoisotopic (exact) mass is 241 g/mol. The second-order valence-electron chi connectivity index (χ2n) is 3.97. The fourth-order valence-electron chi connectivity index (χ4n) is 1.64. The maximum absolute atomic E-state index is 11.5. The van der Waals surface area contributed by atoms with E-state index in [0.717, 1.165) is 11.3 Å². The molecule has 92 valence electrons. The van der Waals surface area contributed by atoms with Crippen molar-refractivity contribution >= 4 is 5.91 Å². The zero-order chi connectivity index (χ0) is 13.0. The van der Waals surface area contributed by atoms with Crippen molar-refractivity contribution in [1.82, 2.24) is 5.32 Å². The standard InChI is InChI=1S/C15H15NO2/c1-11-6-3-4-9-14(11)18-13-8-5-7-12(10-13)15(17)16-2/h3-10H,1-2H3,(H,16,17). The van der Waals surface area contributed by atoms with E-state index in [1.165, 1.54) is 0 Å². The van der Waals surface area contributed by atoms with E-state index in [1.807, 2.05) is 37.3 Å². The summed E-state index contributed by atoms with van der Waals surface area (Å²) >= 11 is 0. The molecule has 1 N–H and O–H groups in total. The molecule has 0 fully saturated rings. The fourth-order valence-corrected chi connectivity index (χ4v) is 1.64. The minimum Gasteiger partial charge on any atom is -0.457 e. The Bertz CT molecular complexity index is 564. The average molecular weight is 241 g/mol. The zero-order valence-corrected chi connectivity index (χ0v) is 10.4. The van der Waals surface area contributed by atoms with Gasteiger partial charge in [0.15, 0.2) is 0 Å². The quantitative estimate of drug-likeness (QED) is 0.896. The molecule has 2 rings (SSSR count). The highest BCUT2D eigenvalue weighted by Crippen LogP contribution is 2.25. The van der Waals surface area contributed by atoms with E-state index in [-0.39, 0.29) is 5.91 Å². The predicted octanol–water partition coefficient (Wildman–Crippen LogP) is 3.15. The molecule has 0 saturated heterocycles. The topological polar surface area (TPSA) is 38.3 Å². The number of carbonyl (C=O) groups is 1.